The third-order valence-corrected chi connectivity index (χ3v) is 7.73. The first-order valence-electron chi connectivity index (χ1n) is 10.3. The molecular weight excluding hydrogens is 451 g/mol. The summed E-state index contributed by atoms with van der Waals surface area (Å²) in [4.78, 5) is 25.4. The maximum atomic E-state index is 13.1. The normalized spacial score (nSPS) is 22.9. The molecule has 2 saturated heterocycles. The number of benzene rings is 1. The lowest BCUT2D eigenvalue weighted by atomic mass is 9.93. The number of amides is 2. The number of anilines is 1. The van der Waals surface area contributed by atoms with Crippen molar-refractivity contribution in [2.24, 2.45) is 11.8 Å². The summed E-state index contributed by atoms with van der Waals surface area (Å²) in [7, 11) is -2.70. The molecule has 1 N–H and O–H groups in total. The Bertz CT molecular complexity index is 937. The summed E-state index contributed by atoms with van der Waals surface area (Å²) < 4.78 is 71.0. The van der Waals surface area contributed by atoms with Crippen LogP contribution in [0.5, 0.6) is 0 Å². The number of methoxy groups -OCH3 is 1. The zero-order valence-electron chi connectivity index (χ0n) is 17.6. The van der Waals surface area contributed by atoms with Crippen LogP contribution in [0, 0.1) is 11.8 Å². The van der Waals surface area contributed by atoms with E-state index in [1.54, 1.807) is 0 Å². The molecule has 2 heterocycles. The second-order valence-corrected chi connectivity index (χ2v) is 9.95. The van der Waals surface area contributed by atoms with Crippen LogP contribution < -0.4 is 5.32 Å². The van der Waals surface area contributed by atoms with Gasteiger partial charge in [0.05, 0.1) is 23.8 Å². The maximum absolute atomic E-state index is 13.1. The number of carbonyl (C=O) groups is 2. The monoisotopic (exact) mass is 477 g/mol. The molecule has 1 aromatic rings. The third-order valence-electron chi connectivity index (χ3n) is 5.85. The Morgan fingerprint density at radius 2 is 1.72 bits per heavy atom. The SMILES string of the molecule is COC(=O)Nc1ccc(S(=O)(=O)N2CCC[C@@H](C(=O)N3CCC[C@@H](C(F)(F)F)C3)C2)cc1. The minimum atomic E-state index is -4.35. The van der Waals surface area contributed by atoms with Crippen LogP contribution in [0.1, 0.15) is 25.7 Å². The van der Waals surface area contributed by atoms with Crippen molar-refractivity contribution in [3.63, 3.8) is 0 Å². The number of sulfonamides is 1. The Labute approximate surface area is 184 Å². The highest BCUT2D eigenvalue weighted by Crippen LogP contribution is 2.34. The Morgan fingerprint density at radius 1 is 1.06 bits per heavy atom. The van der Waals surface area contributed by atoms with Gasteiger partial charge in [0.2, 0.25) is 15.9 Å². The van der Waals surface area contributed by atoms with Gasteiger partial charge in [-0.05, 0) is 49.9 Å². The highest BCUT2D eigenvalue weighted by Gasteiger charge is 2.44. The summed E-state index contributed by atoms with van der Waals surface area (Å²) in [5, 5.41) is 2.42. The molecule has 3 rings (SSSR count). The van der Waals surface area contributed by atoms with E-state index in [4.69, 9.17) is 0 Å². The van der Waals surface area contributed by atoms with Gasteiger partial charge in [0, 0.05) is 31.9 Å². The molecule has 32 heavy (non-hydrogen) atoms. The lowest BCUT2D eigenvalue weighted by molar-refractivity contribution is -0.188. The van der Waals surface area contributed by atoms with Crippen LogP contribution in [-0.2, 0) is 19.6 Å². The van der Waals surface area contributed by atoms with Gasteiger partial charge in [-0.25, -0.2) is 13.2 Å². The third kappa shape index (κ3) is 5.52. The molecule has 2 fully saturated rings. The van der Waals surface area contributed by atoms with Gasteiger partial charge in [-0.1, -0.05) is 0 Å². The van der Waals surface area contributed by atoms with Crippen LogP contribution in [-0.4, -0.2) is 69.1 Å². The van der Waals surface area contributed by atoms with Gasteiger partial charge in [-0.3, -0.25) is 10.1 Å². The first-order valence-corrected chi connectivity index (χ1v) is 11.8. The standard InChI is InChI=1S/C20H26F3N3O5S/c1-31-19(28)24-16-6-8-17(9-7-16)32(29,30)26-11-2-4-14(12-26)18(27)25-10-3-5-15(13-25)20(21,22)23/h6-9,14-15H,2-5,10-13H2,1H3,(H,24,28)/t14-,15-/m1/s1. The number of rotatable bonds is 4. The lowest BCUT2D eigenvalue weighted by Gasteiger charge is -2.38. The van der Waals surface area contributed by atoms with Crippen molar-refractivity contribution in [1.29, 1.82) is 0 Å². The van der Waals surface area contributed by atoms with Crippen LogP contribution in [0.2, 0.25) is 0 Å². The molecule has 0 radical (unpaired) electrons. The summed E-state index contributed by atoms with van der Waals surface area (Å²) in [6.45, 7) is 0.0273. The van der Waals surface area contributed by atoms with Gasteiger partial charge < -0.3 is 9.64 Å². The molecule has 178 valence electrons. The molecule has 2 amide bonds. The summed E-state index contributed by atoms with van der Waals surface area (Å²) >= 11 is 0. The van der Waals surface area contributed by atoms with E-state index in [1.807, 2.05) is 0 Å². The number of hydrogen-bond donors (Lipinski definition) is 1. The highest BCUT2D eigenvalue weighted by atomic mass is 32.2. The molecule has 8 nitrogen and oxygen atoms in total. The van der Waals surface area contributed by atoms with Crippen molar-refractivity contribution < 1.29 is 35.9 Å². The molecule has 2 atom stereocenters. The number of carbonyl (C=O) groups excluding carboxylic acids is 2. The smallest absolute Gasteiger partial charge is 0.411 e. The number of likely N-dealkylation sites (tertiary alicyclic amines) is 1. The number of ether oxygens (including phenoxy) is 1. The fraction of sp³-hybridized carbons (Fsp3) is 0.600. The molecule has 0 bridgehead atoms. The summed E-state index contributed by atoms with van der Waals surface area (Å²) in [5.74, 6) is -2.64. The van der Waals surface area contributed by atoms with Gasteiger partial charge in [0.1, 0.15) is 0 Å². The number of piperidine rings is 2. The second kappa shape index (κ2) is 9.65. The first-order chi connectivity index (χ1) is 15.0. The van der Waals surface area contributed by atoms with Crippen LogP contribution in [0.3, 0.4) is 0 Å². The molecule has 12 heteroatoms. The molecule has 2 aliphatic heterocycles. The molecule has 0 aromatic heterocycles. The predicted octanol–water partition coefficient (Wildman–Crippen LogP) is 3.07. The van der Waals surface area contributed by atoms with Crippen LogP contribution in [0.25, 0.3) is 0 Å². The van der Waals surface area contributed by atoms with Crippen molar-refractivity contribution in [1.82, 2.24) is 9.21 Å². The van der Waals surface area contributed by atoms with Gasteiger partial charge in [0.25, 0.3) is 0 Å². The fourth-order valence-electron chi connectivity index (χ4n) is 4.09. The molecule has 1 aromatic carbocycles. The van der Waals surface area contributed by atoms with E-state index < -0.39 is 40.0 Å². The second-order valence-electron chi connectivity index (χ2n) is 8.01. The average molecular weight is 478 g/mol. The van der Waals surface area contributed by atoms with Crippen molar-refractivity contribution in [2.45, 2.75) is 36.8 Å². The van der Waals surface area contributed by atoms with Crippen LogP contribution in [0.15, 0.2) is 29.2 Å². The zero-order valence-corrected chi connectivity index (χ0v) is 18.4. The quantitative estimate of drug-likeness (QED) is 0.719. The van der Waals surface area contributed by atoms with E-state index in [1.165, 1.54) is 40.6 Å². The highest BCUT2D eigenvalue weighted by molar-refractivity contribution is 7.89. The predicted molar refractivity (Wildman–Crippen MR) is 109 cm³/mol. The Hall–Kier alpha value is -2.34. The molecular formula is C20H26F3N3O5S. The van der Waals surface area contributed by atoms with Crippen LogP contribution >= 0.6 is 0 Å². The van der Waals surface area contributed by atoms with E-state index in [0.29, 0.717) is 18.5 Å². The number of nitrogens with zero attached hydrogens (tertiary/aromatic N) is 2. The van der Waals surface area contributed by atoms with Gasteiger partial charge in [0.15, 0.2) is 0 Å². The molecule has 0 spiro atoms. The lowest BCUT2D eigenvalue weighted by Crippen LogP contribution is -2.50. The topological polar surface area (TPSA) is 96.0 Å². The van der Waals surface area contributed by atoms with Gasteiger partial charge >= 0.3 is 12.3 Å². The minimum absolute atomic E-state index is 0.000713. The Kier molecular flexibility index (Phi) is 7.33. The summed E-state index contributed by atoms with van der Waals surface area (Å²) in [6.07, 6.45) is -3.90. The average Bonchev–Trinajstić information content (AvgIpc) is 2.78. The van der Waals surface area contributed by atoms with E-state index >= 15 is 0 Å². The number of hydrogen-bond acceptors (Lipinski definition) is 5. The van der Waals surface area contributed by atoms with Crippen molar-refractivity contribution >= 4 is 27.7 Å². The van der Waals surface area contributed by atoms with E-state index in [-0.39, 0.29) is 43.9 Å². The molecule has 2 aliphatic rings. The zero-order chi connectivity index (χ0) is 23.5. The van der Waals surface area contributed by atoms with E-state index in [9.17, 15) is 31.2 Å². The molecule has 0 unspecified atom stereocenters. The van der Waals surface area contributed by atoms with E-state index in [0.717, 1.165) is 0 Å². The number of alkyl halides is 3. The molecule has 0 aliphatic carbocycles. The minimum Gasteiger partial charge on any atom is -0.453 e. The van der Waals surface area contributed by atoms with Crippen molar-refractivity contribution in [2.75, 3.05) is 38.6 Å². The Morgan fingerprint density at radius 3 is 2.34 bits per heavy atom. The van der Waals surface area contributed by atoms with Crippen molar-refractivity contribution in [3.05, 3.63) is 24.3 Å². The van der Waals surface area contributed by atoms with Crippen LogP contribution in [0.4, 0.5) is 23.7 Å². The molecule has 0 saturated carbocycles. The van der Waals surface area contributed by atoms with Crippen molar-refractivity contribution in [3.8, 4) is 0 Å². The first kappa shape index (κ1) is 24.3. The van der Waals surface area contributed by atoms with E-state index in [2.05, 4.69) is 10.1 Å². The Balaban J connectivity index is 1.68. The maximum Gasteiger partial charge on any atom is 0.411 e. The van der Waals surface area contributed by atoms with Gasteiger partial charge in [-0.15, -0.1) is 0 Å². The largest absolute Gasteiger partial charge is 0.453 e. The summed E-state index contributed by atoms with van der Waals surface area (Å²) in [5.41, 5.74) is 0.354. The summed E-state index contributed by atoms with van der Waals surface area (Å²) in [6, 6.07) is 5.51. The number of nitrogens with one attached hydrogen (secondary N) is 1. The van der Waals surface area contributed by atoms with Gasteiger partial charge in [-0.2, -0.15) is 17.5 Å². The fourth-order valence-corrected chi connectivity index (χ4v) is 5.62. The number of halogens is 3.